The van der Waals surface area contributed by atoms with E-state index in [2.05, 4.69) is 30.8 Å². The second kappa shape index (κ2) is 32.3. The Morgan fingerprint density at radius 3 is 1.67 bits per heavy atom. The summed E-state index contributed by atoms with van der Waals surface area (Å²) < 4.78 is 71.9. The van der Waals surface area contributed by atoms with Crippen molar-refractivity contribution >= 4 is 38.1 Å². The van der Waals surface area contributed by atoms with E-state index >= 15 is 0 Å². The molecule has 0 saturated carbocycles. The summed E-state index contributed by atoms with van der Waals surface area (Å²) in [6.07, 6.45) is -12.6. The van der Waals surface area contributed by atoms with Gasteiger partial charge in [-0.2, -0.15) is 0 Å². The highest BCUT2D eigenvalue weighted by atomic mass is 28.4. The highest BCUT2D eigenvalue weighted by Gasteiger charge is 2.56. The quantitative estimate of drug-likeness (QED) is 0.00822. The van der Waals surface area contributed by atoms with Gasteiger partial charge in [0.05, 0.1) is 37.9 Å². The van der Waals surface area contributed by atoms with Gasteiger partial charge in [0, 0.05) is 31.3 Å². The SMILES string of the molecule is CC(=O)CCC(=O)OC[C@@H]1O[C@@H](OCCCN(Cc2ccccc2)C(=O)OCc2ccccc2)[C@H](OC(=O)c2ccccc2)[C@@H](OCc2ccccc2)[C@@H]1O[C@H]1O[C@H](COC(C)=O)[C@@H](O[Si](C)(C)C(C)(C)C)[C@H](OCc2ccccc2)[C@H]1N=[N+]=[N-]. The normalized spacial score (nSPS) is 22.2. The van der Waals surface area contributed by atoms with Gasteiger partial charge in [0.1, 0.15) is 62.2 Å². The molecule has 0 aliphatic carbocycles. The van der Waals surface area contributed by atoms with E-state index < -0.39 is 100 Å². The van der Waals surface area contributed by atoms with Crippen LogP contribution in [0.2, 0.25) is 18.1 Å². The molecule has 2 heterocycles. The Hall–Kier alpha value is -7.30. The van der Waals surface area contributed by atoms with Gasteiger partial charge in [0.25, 0.3) is 0 Å². The Labute approximate surface area is 498 Å². The molecule has 0 unspecified atom stereocenters. The Morgan fingerprint density at radius 2 is 1.12 bits per heavy atom. The molecule has 2 aliphatic heterocycles. The smallest absolute Gasteiger partial charge is 0.410 e. The number of nitrogens with zero attached hydrogens (tertiary/aromatic N) is 4. The van der Waals surface area contributed by atoms with Crippen molar-refractivity contribution in [3.05, 3.63) is 190 Å². The molecule has 21 heteroatoms. The van der Waals surface area contributed by atoms with Gasteiger partial charge in [0.2, 0.25) is 0 Å². The average Bonchev–Trinajstić information content (AvgIpc) is 1.61. The summed E-state index contributed by atoms with van der Waals surface area (Å²) in [5.74, 6) is -2.34. The lowest BCUT2D eigenvalue weighted by Gasteiger charge is -2.51. The second-order valence-corrected chi connectivity index (χ2v) is 27.1. The number of ketones is 1. The van der Waals surface area contributed by atoms with Crippen LogP contribution >= 0.6 is 0 Å². The third kappa shape index (κ3) is 19.9. The van der Waals surface area contributed by atoms with Gasteiger partial charge < -0.3 is 61.5 Å². The van der Waals surface area contributed by atoms with E-state index in [1.165, 1.54) is 13.8 Å². The molecule has 2 aliphatic rings. The molecule has 0 radical (unpaired) electrons. The Bertz CT molecular complexity index is 2940. The van der Waals surface area contributed by atoms with E-state index in [9.17, 15) is 29.5 Å². The number of rotatable bonds is 29. The van der Waals surface area contributed by atoms with Gasteiger partial charge in [0.15, 0.2) is 27.0 Å². The van der Waals surface area contributed by atoms with Crippen molar-refractivity contribution in [1.82, 2.24) is 4.90 Å². The number of esters is 3. The average molecular weight is 1190 g/mol. The van der Waals surface area contributed by atoms with Crippen molar-refractivity contribution in [1.29, 1.82) is 0 Å². The minimum atomic E-state index is -2.75. The van der Waals surface area contributed by atoms with Crippen molar-refractivity contribution in [3.63, 3.8) is 0 Å². The number of hydrogen-bond acceptors (Lipinski definition) is 17. The molecular weight excluding hydrogens is 1110 g/mol. The lowest BCUT2D eigenvalue weighted by atomic mass is 9.95. The van der Waals surface area contributed by atoms with Crippen LogP contribution in [0.4, 0.5) is 4.79 Å². The summed E-state index contributed by atoms with van der Waals surface area (Å²) in [5, 5.41) is 3.95. The molecule has 0 spiro atoms. The molecule has 20 nitrogen and oxygen atoms in total. The molecule has 2 saturated heterocycles. The summed E-state index contributed by atoms with van der Waals surface area (Å²) >= 11 is 0. The zero-order valence-electron chi connectivity index (χ0n) is 49.3. The number of azide groups is 1. The number of carbonyl (C=O) groups is 5. The number of carbonyl (C=O) groups excluding carboxylic acids is 5. The molecule has 0 N–H and O–H groups in total. The summed E-state index contributed by atoms with van der Waals surface area (Å²) in [5.41, 5.74) is 13.8. The van der Waals surface area contributed by atoms with Gasteiger partial charge in [-0.1, -0.05) is 165 Å². The maximum Gasteiger partial charge on any atom is 0.410 e. The molecule has 1 amide bonds. The maximum atomic E-state index is 14.5. The van der Waals surface area contributed by atoms with Crippen LogP contribution in [0.25, 0.3) is 10.4 Å². The summed E-state index contributed by atoms with van der Waals surface area (Å²) in [6.45, 7) is 12.3. The number of amides is 1. The standard InChI is InChI=1S/C64H78N4O16Si/c1-44(69)34-35-53(71)76-43-51-55(83-61-54(66-67-65)57(77-39-47-26-15-9-16-27-47)56(52(80-61)42-75-45(2)70)84-85(6,7)64(3,4)5)58(78-40-48-28-17-10-18-29-48)59(82-60(72)50-32-21-12-22-33-50)62(81-51)74-37-23-36-68(38-46-24-13-8-14-25-46)63(73)79-41-49-30-19-11-20-31-49/h8-22,24-33,51-52,54-59,61-62H,23,34-43H2,1-7H3/t51-,52+,54+,55+,56+,57+,58-,59+,61+,62+/m0/s1. The second-order valence-electron chi connectivity index (χ2n) is 22.3. The lowest BCUT2D eigenvalue weighted by Crippen LogP contribution is -2.67. The number of benzene rings is 5. The maximum absolute atomic E-state index is 14.5. The first-order chi connectivity index (χ1) is 40.9. The van der Waals surface area contributed by atoms with Gasteiger partial charge in [-0.3, -0.25) is 9.59 Å². The van der Waals surface area contributed by atoms with E-state index in [4.69, 9.17) is 51.8 Å². The van der Waals surface area contributed by atoms with E-state index in [-0.39, 0.29) is 81.8 Å². The van der Waals surface area contributed by atoms with E-state index in [0.717, 1.165) is 16.7 Å². The van der Waals surface area contributed by atoms with E-state index in [0.29, 0.717) is 5.56 Å². The summed E-state index contributed by atoms with van der Waals surface area (Å²) in [7, 11) is -2.75. The predicted molar refractivity (Wildman–Crippen MR) is 314 cm³/mol. The van der Waals surface area contributed by atoms with Crippen LogP contribution in [0.5, 0.6) is 0 Å². The fourth-order valence-electron chi connectivity index (χ4n) is 9.28. The van der Waals surface area contributed by atoms with Gasteiger partial charge in [-0.15, -0.1) is 0 Å². The fraction of sp³-hybridized carbons (Fsp3) is 0.453. The monoisotopic (exact) mass is 1190 g/mol. The van der Waals surface area contributed by atoms with Crippen LogP contribution < -0.4 is 0 Å². The van der Waals surface area contributed by atoms with Crippen LogP contribution in [-0.4, -0.2) is 131 Å². The molecule has 5 aromatic carbocycles. The number of hydrogen-bond donors (Lipinski definition) is 0. The molecule has 7 rings (SSSR count). The number of Topliss-reactive ketones (excluding diaryl/α,β-unsaturated/α-hetero) is 1. The minimum Gasteiger partial charge on any atom is -0.463 e. The van der Waals surface area contributed by atoms with Crippen LogP contribution in [0.1, 0.15) is 86.5 Å². The highest BCUT2D eigenvalue weighted by Crippen LogP contribution is 2.42. The topological polar surface area (TPSA) is 239 Å². The van der Waals surface area contributed by atoms with Crippen LogP contribution in [0.15, 0.2) is 157 Å². The Morgan fingerprint density at radius 1 is 0.600 bits per heavy atom. The largest absolute Gasteiger partial charge is 0.463 e. The summed E-state index contributed by atoms with van der Waals surface area (Å²) in [4.78, 5) is 71.3. The molecule has 5 aromatic rings. The van der Waals surface area contributed by atoms with E-state index in [1.807, 2.05) is 134 Å². The van der Waals surface area contributed by atoms with Crippen molar-refractivity contribution in [2.45, 2.75) is 160 Å². The van der Waals surface area contributed by atoms with Crippen LogP contribution in [0.3, 0.4) is 0 Å². The first-order valence-electron chi connectivity index (χ1n) is 28.5. The molecular formula is C64H78N4O16Si. The third-order valence-corrected chi connectivity index (χ3v) is 19.3. The minimum absolute atomic E-state index is 0.0247. The zero-order chi connectivity index (χ0) is 60.8. The van der Waals surface area contributed by atoms with Gasteiger partial charge >= 0.3 is 24.0 Å². The highest BCUT2D eigenvalue weighted by molar-refractivity contribution is 6.74. The molecule has 0 aromatic heterocycles. The van der Waals surface area contributed by atoms with Crippen molar-refractivity contribution in [2.75, 3.05) is 26.4 Å². The van der Waals surface area contributed by atoms with Crippen LogP contribution in [-0.2, 0) is 92.5 Å². The molecule has 85 heavy (non-hydrogen) atoms. The number of ether oxygens (including phenoxy) is 10. The molecule has 2 fully saturated rings. The fourth-order valence-corrected chi connectivity index (χ4v) is 10.6. The lowest BCUT2D eigenvalue weighted by molar-refractivity contribution is -0.351. The van der Waals surface area contributed by atoms with Gasteiger partial charge in [-0.25, -0.2) is 9.59 Å². The van der Waals surface area contributed by atoms with E-state index in [1.54, 1.807) is 35.2 Å². The Balaban J connectivity index is 1.29. The van der Waals surface area contributed by atoms with Crippen molar-refractivity contribution in [2.24, 2.45) is 5.11 Å². The zero-order valence-corrected chi connectivity index (χ0v) is 50.3. The Kier molecular flexibility index (Phi) is 24.8. The first kappa shape index (κ1) is 65.2. The first-order valence-corrected chi connectivity index (χ1v) is 31.4. The van der Waals surface area contributed by atoms with Crippen LogP contribution in [0, 0.1) is 0 Å². The molecule has 0 bridgehead atoms. The molecule has 10 atom stereocenters. The summed E-state index contributed by atoms with van der Waals surface area (Å²) in [6, 6.07) is 44.3. The van der Waals surface area contributed by atoms with Crippen molar-refractivity contribution in [3.8, 4) is 0 Å². The third-order valence-electron chi connectivity index (χ3n) is 14.8. The van der Waals surface area contributed by atoms with Gasteiger partial charge in [-0.05, 0) is 71.4 Å². The predicted octanol–water partition coefficient (Wildman–Crippen LogP) is 11.0. The van der Waals surface area contributed by atoms with Crippen molar-refractivity contribution < 1.29 is 75.8 Å². The molecule has 454 valence electrons.